The van der Waals surface area contributed by atoms with Crippen LogP contribution in [0.1, 0.15) is 83.1 Å². The molecule has 54 heavy (non-hydrogen) atoms. The quantitative estimate of drug-likeness (QED) is 0.162. The Morgan fingerprint density at radius 3 is 1.28 bits per heavy atom. The molecule has 0 aliphatic heterocycles. The van der Waals surface area contributed by atoms with E-state index < -0.39 is 46.8 Å². The number of aromatic nitrogens is 2. The van der Waals surface area contributed by atoms with Crippen molar-refractivity contribution in [2.24, 2.45) is 0 Å². The zero-order valence-corrected chi connectivity index (χ0v) is 35.9. The van der Waals surface area contributed by atoms with Crippen LogP contribution in [0.25, 0.3) is 43.6 Å². The van der Waals surface area contributed by atoms with E-state index in [0.717, 1.165) is 13.8 Å². The Morgan fingerprint density at radius 2 is 0.926 bits per heavy atom. The monoisotopic (exact) mass is 871 g/mol. The first kappa shape index (κ1) is 40.9. The molecule has 14 heteroatoms. The number of nitrogens with zero attached hydrogens (tertiary/aromatic N) is 3. The van der Waals surface area contributed by atoms with Gasteiger partial charge in [-0.1, -0.05) is 31.9 Å². The van der Waals surface area contributed by atoms with Crippen LogP contribution >= 0.6 is 31.9 Å². The van der Waals surface area contributed by atoms with E-state index in [0.29, 0.717) is 43.6 Å². The summed E-state index contributed by atoms with van der Waals surface area (Å²) in [5.41, 5.74) is -1.89. The van der Waals surface area contributed by atoms with E-state index >= 15 is 0 Å². The zero-order chi connectivity index (χ0) is 40.3. The Labute approximate surface area is 331 Å². The summed E-state index contributed by atoms with van der Waals surface area (Å²) < 4.78 is 34.0. The van der Waals surface area contributed by atoms with E-state index in [1.807, 2.05) is 30.3 Å². The van der Waals surface area contributed by atoms with Crippen LogP contribution < -0.4 is 4.74 Å². The van der Waals surface area contributed by atoms with Crippen molar-refractivity contribution < 1.29 is 42.9 Å². The molecule has 0 aliphatic rings. The Kier molecular flexibility index (Phi) is 10.9. The third-order valence-corrected chi connectivity index (χ3v) is 8.58. The van der Waals surface area contributed by atoms with Crippen molar-refractivity contribution in [1.82, 2.24) is 14.0 Å². The average Bonchev–Trinajstić information content (AvgIpc) is 3.47. The molecule has 0 saturated carbocycles. The molecule has 0 aliphatic carbocycles. The lowest BCUT2D eigenvalue weighted by Gasteiger charge is -2.28. The topological polar surface area (TPSA) is 128 Å². The summed E-state index contributed by atoms with van der Waals surface area (Å²) in [6.45, 7) is 20.2. The molecular formula is C40H47Br2N3O9. The first-order chi connectivity index (χ1) is 24.7. The van der Waals surface area contributed by atoms with Gasteiger partial charge in [0, 0.05) is 30.5 Å². The smallest absolute Gasteiger partial charge is 0.419 e. The average molecular weight is 874 g/mol. The Bertz CT molecular complexity index is 2160. The zero-order valence-electron chi connectivity index (χ0n) is 32.7. The van der Waals surface area contributed by atoms with E-state index in [9.17, 15) is 19.2 Å². The molecule has 290 valence electrons. The predicted molar refractivity (Wildman–Crippen MR) is 216 cm³/mol. The number of imide groups is 1. The second-order valence-corrected chi connectivity index (χ2v) is 18.7. The first-order valence-electron chi connectivity index (χ1n) is 17.5. The van der Waals surface area contributed by atoms with Gasteiger partial charge in [0.25, 0.3) is 0 Å². The number of carbonyl (C=O) groups is 4. The van der Waals surface area contributed by atoms with Crippen LogP contribution in [0, 0.1) is 0 Å². The molecule has 5 rings (SSSR count). The van der Waals surface area contributed by atoms with Crippen LogP contribution in [0.5, 0.6) is 5.75 Å². The minimum atomic E-state index is -0.927. The van der Waals surface area contributed by atoms with Crippen LogP contribution in [0.15, 0.2) is 51.4 Å². The SMILES string of the molecule is CC(C)(C)OC(=O)N(CCOc1c2c(cc3c4cc(Br)ccc4n(C(=O)OC(C)(C)C)c13)c1cc(Br)ccc1n2C(=O)OC(C)(C)C)C(=O)OC(C)(C)C. The lowest BCUT2D eigenvalue weighted by molar-refractivity contribution is -0.000661. The minimum absolute atomic E-state index is 0.118. The van der Waals surface area contributed by atoms with E-state index in [2.05, 4.69) is 31.9 Å². The summed E-state index contributed by atoms with van der Waals surface area (Å²) in [6.07, 6.45) is -3.21. The molecule has 3 aromatic carbocycles. The highest BCUT2D eigenvalue weighted by molar-refractivity contribution is 9.10. The second-order valence-electron chi connectivity index (χ2n) is 16.9. The highest BCUT2D eigenvalue weighted by Crippen LogP contribution is 2.45. The van der Waals surface area contributed by atoms with E-state index in [1.165, 1.54) is 9.13 Å². The fourth-order valence-electron chi connectivity index (χ4n) is 5.83. The molecule has 0 atom stereocenters. The van der Waals surface area contributed by atoms with Gasteiger partial charge in [-0.15, -0.1) is 0 Å². The number of carbonyl (C=O) groups excluding carboxylic acids is 4. The molecule has 12 nitrogen and oxygen atoms in total. The van der Waals surface area contributed by atoms with E-state index in [4.69, 9.17) is 23.7 Å². The third-order valence-electron chi connectivity index (χ3n) is 7.60. The van der Waals surface area contributed by atoms with Gasteiger partial charge in [0.1, 0.15) is 40.0 Å². The van der Waals surface area contributed by atoms with Crippen LogP contribution in [-0.2, 0) is 18.9 Å². The predicted octanol–water partition coefficient (Wildman–Crippen LogP) is 11.5. The molecule has 0 fully saturated rings. The highest BCUT2D eigenvalue weighted by Gasteiger charge is 2.34. The number of halogens is 2. The van der Waals surface area contributed by atoms with Gasteiger partial charge >= 0.3 is 24.4 Å². The molecular weight excluding hydrogens is 826 g/mol. The lowest BCUT2D eigenvalue weighted by atomic mass is 10.1. The number of rotatable bonds is 4. The first-order valence-corrected chi connectivity index (χ1v) is 19.1. The van der Waals surface area contributed by atoms with Crippen LogP contribution in [0.3, 0.4) is 0 Å². The number of amides is 2. The molecule has 0 bridgehead atoms. The molecule has 5 aromatic rings. The van der Waals surface area contributed by atoms with Crippen molar-refractivity contribution in [3.8, 4) is 5.75 Å². The van der Waals surface area contributed by atoms with Crippen LogP contribution in [0.2, 0.25) is 0 Å². The Balaban J connectivity index is 1.84. The summed E-state index contributed by atoms with van der Waals surface area (Å²) in [4.78, 5) is 56.1. The van der Waals surface area contributed by atoms with E-state index in [1.54, 1.807) is 95.2 Å². The summed E-state index contributed by atoms with van der Waals surface area (Å²) in [6, 6.07) is 12.9. The van der Waals surface area contributed by atoms with Gasteiger partial charge in [-0.2, -0.15) is 0 Å². The fraction of sp³-hybridized carbons (Fsp3) is 0.450. The molecule has 0 saturated heterocycles. The molecule has 0 radical (unpaired) electrons. The molecule has 0 N–H and O–H groups in total. The number of benzene rings is 3. The van der Waals surface area contributed by atoms with Gasteiger partial charge in [0.05, 0.1) is 17.6 Å². The van der Waals surface area contributed by atoms with Crippen LogP contribution in [-0.4, -0.2) is 74.0 Å². The van der Waals surface area contributed by atoms with Gasteiger partial charge in [0.2, 0.25) is 0 Å². The maximum absolute atomic E-state index is 14.2. The molecule has 0 spiro atoms. The van der Waals surface area contributed by atoms with Crippen LogP contribution in [0.4, 0.5) is 19.2 Å². The normalized spacial score (nSPS) is 12.7. The van der Waals surface area contributed by atoms with Gasteiger partial charge in [-0.05, 0) is 126 Å². The van der Waals surface area contributed by atoms with E-state index in [-0.39, 0.29) is 18.9 Å². The minimum Gasteiger partial charge on any atom is -0.487 e. The third kappa shape index (κ3) is 8.97. The largest absolute Gasteiger partial charge is 0.487 e. The van der Waals surface area contributed by atoms with Gasteiger partial charge < -0.3 is 23.7 Å². The molecule has 2 heterocycles. The number of hydrogen-bond acceptors (Lipinski definition) is 9. The van der Waals surface area contributed by atoms with Crippen molar-refractivity contribution >= 4 is 99.8 Å². The van der Waals surface area contributed by atoms with Gasteiger partial charge in [0.15, 0.2) is 5.75 Å². The summed E-state index contributed by atoms with van der Waals surface area (Å²) >= 11 is 7.17. The number of ether oxygens (including phenoxy) is 5. The van der Waals surface area contributed by atoms with Crippen molar-refractivity contribution in [2.75, 3.05) is 13.2 Å². The summed E-state index contributed by atoms with van der Waals surface area (Å²) in [5.74, 6) is 0.118. The number of fused-ring (bicyclic) bond motifs is 6. The standard InChI is InChI=1S/C40H47Br2N3O9/c1-37(2,3)51-33(46)43(34(47)52-38(4,5)6)17-18-50-32-30-26(24-19-22(41)13-15-28(24)44(30)35(48)53-39(7,8)9)21-27-25-20-23(42)14-16-29(25)45(31(27)32)36(49)54-40(10,11)12/h13-16,19-21H,17-18H2,1-12H3. The molecule has 2 amide bonds. The highest BCUT2D eigenvalue weighted by atomic mass is 79.9. The van der Waals surface area contributed by atoms with Crippen molar-refractivity contribution in [1.29, 1.82) is 0 Å². The lowest BCUT2D eigenvalue weighted by Crippen LogP contribution is -2.45. The summed E-state index contributed by atoms with van der Waals surface area (Å²) in [7, 11) is 0. The van der Waals surface area contributed by atoms with Crippen molar-refractivity contribution in [2.45, 2.75) is 105 Å². The Hall–Kier alpha value is -4.30. The maximum Gasteiger partial charge on any atom is 0.419 e. The molecule has 0 unspecified atom stereocenters. The maximum atomic E-state index is 14.2. The van der Waals surface area contributed by atoms with Gasteiger partial charge in [-0.25, -0.2) is 33.2 Å². The van der Waals surface area contributed by atoms with Crippen molar-refractivity contribution in [3.63, 3.8) is 0 Å². The summed E-state index contributed by atoms with van der Waals surface area (Å²) in [5, 5.41) is 2.65. The molecule has 2 aromatic heterocycles. The van der Waals surface area contributed by atoms with Gasteiger partial charge in [-0.3, -0.25) is 0 Å². The Morgan fingerprint density at radius 1 is 0.556 bits per heavy atom. The number of hydrogen-bond donors (Lipinski definition) is 0. The fourth-order valence-corrected chi connectivity index (χ4v) is 6.55. The van der Waals surface area contributed by atoms with Crippen molar-refractivity contribution in [3.05, 3.63) is 51.4 Å². The second kappa shape index (κ2) is 14.4.